The third kappa shape index (κ3) is 4.59. The number of anilines is 1. The Labute approximate surface area is 144 Å². The molecule has 0 atom stereocenters. The molecular formula is C15H17Cl2N3O3. The highest BCUT2D eigenvalue weighted by atomic mass is 35.5. The Morgan fingerprint density at radius 3 is 2.52 bits per heavy atom. The Hall–Kier alpha value is -1.79. The highest BCUT2D eigenvalue weighted by molar-refractivity contribution is 6.39. The lowest BCUT2D eigenvalue weighted by Gasteiger charge is -2.21. The van der Waals surface area contributed by atoms with Gasteiger partial charge in [0.15, 0.2) is 0 Å². The van der Waals surface area contributed by atoms with E-state index in [1.165, 1.54) is 16.8 Å². The van der Waals surface area contributed by atoms with Gasteiger partial charge in [0, 0.05) is 20.0 Å². The van der Waals surface area contributed by atoms with Crippen LogP contribution in [0, 0.1) is 0 Å². The van der Waals surface area contributed by atoms with Gasteiger partial charge in [0.2, 0.25) is 17.7 Å². The van der Waals surface area contributed by atoms with Gasteiger partial charge in [-0.05, 0) is 18.6 Å². The van der Waals surface area contributed by atoms with Crippen LogP contribution < -0.4 is 5.32 Å². The van der Waals surface area contributed by atoms with Crippen molar-refractivity contribution >= 4 is 46.6 Å². The van der Waals surface area contributed by atoms with Crippen LogP contribution in [-0.4, -0.2) is 54.2 Å². The standard InChI is InChI=1S/C15H17Cl2N3O3/c1-19(14(23)9-20-7-3-6-13(20)22)8-12(21)18-15-10(16)4-2-5-11(15)17/h2,4-5H,3,6-9H2,1H3,(H,18,21). The number of benzene rings is 1. The monoisotopic (exact) mass is 357 g/mol. The topological polar surface area (TPSA) is 69.7 Å². The average Bonchev–Trinajstić information content (AvgIpc) is 2.88. The fourth-order valence-electron chi connectivity index (χ4n) is 2.25. The van der Waals surface area contributed by atoms with Crippen LogP contribution in [0.5, 0.6) is 0 Å². The van der Waals surface area contributed by atoms with Crippen molar-refractivity contribution in [3.63, 3.8) is 0 Å². The van der Waals surface area contributed by atoms with Crippen LogP contribution in [0.15, 0.2) is 18.2 Å². The summed E-state index contributed by atoms with van der Waals surface area (Å²) in [5.41, 5.74) is 0.316. The Kier molecular flexibility index (Phi) is 5.85. The Morgan fingerprint density at radius 1 is 1.30 bits per heavy atom. The SMILES string of the molecule is CN(CC(=O)Nc1c(Cl)cccc1Cl)C(=O)CN1CCCC1=O. The fourth-order valence-corrected chi connectivity index (χ4v) is 2.75. The van der Waals surface area contributed by atoms with Crippen molar-refractivity contribution in [2.45, 2.75) is 12.8 Å². The summed E-state index contributed by atoms with van der Waals surface area (Å²) in [6.45, 7) is 0.428. The van der Waals surface area contributed by atoms with Crippen LogP contribution in [0.2, 0.25) is 10.0 Å². The van der Waals surface area contributed by atoms with E-state index in [9.17, 15) is 14.4 Å². The minimum absolute atomic E-state index is 0.00450. The van der Waals surface area contributed by atoms with E-state index in [0.29, 0.717) is 28.7 Å². The molecule has 1 aromatic rings. The number of hydrogen-bond acceptors (Lipinski definition) is 3. The fraction of sp³-hybridized carbons (Fsp3) is 0.400. The number of amides is 3. The summed E-state index contributed by atoms with van der Waals surface area (Å²) < 4.78 is 0. The molecule has 2 rings (SSSR count). The number of nitrogens with one attached hydrogen (secondary N) is 1. The summed E-state index contributed by atoms with van der Waals surface area (Å²) in [7, 11) is 1.51. The normalized spacial score (nSPS) is 14.0. The summed E-state index contributed by atoms with van der Waals surface area (Å²) in [6, 6.07) is 4.89. The van der Waals surface area contributed by atoms with Crippen molar-refractivity contribution in [1.29, 1.82) is 0 Å². The number of halogens is 2. The molecule has 0 unspecified atom stereocenters. The first-order valence-corrected chi connectivity index (χ1v) is 7.89. The molecule has 0 radical (unpaired) electrons. The van der Waals surface area contributed by atoms with Crippen LogP contribution >= 0.6 is 23.2 Å². The van der Waals surface area contributed by atoms with Crippen LogP contribution in [-0.2, 0) is 14.4 Å². The summed E-state index contributed by atoms with van der Waals surface area (Å²) in [6.07, 6.45) is 1.24. The number of carbonyl (C=O) groups is 3. The number of hydrogen-bond donors (Lipinski definition) is 1. The predicted molar refractivity (Wildman–Crippen MR) is 88.5 cm³/mol. The van der Waals surface area contributed by atoms with E-state index in [-0.39, 0.29) is 24.9 Å². The molecule has 0 spiro atoms. The van der Waals surface area contributed by atoms with Gasteiger partial charge in [-0.25, -0.2) is 0 Å². The molecule has 124 valence electrons. The lowest BCUT2D eigenvalue weighted by Crippen LogP contribution is -2.42. The van der Waals surface area contributed by atoms with E-state index in [4.69, 9.17) is 23.2 Å². The maximum atomic E-state index is 12.1. The van der Waals surface area contributed by atoms with Crippen molar-refractivity contribution in [3.05, 3.63) is 28.2 Å². The summed E-state index contributed by atoms with van der Waals surface area (Å²) in [5, 5.41) is 3.23. The second kappa shape index (κ2) is 7.66. The Bertz CT molecular complexity index is 616. The molecular weight excluding hydrogens is 341 g/mol. The average molecular weight is 358 g/mol. The van der Waals surface area contributed by atoms with Crippen molar-refractivity contribution in [3.8, 4) is 0 Å². The number of nitrogens with zero attached hydrogens (tertiary/aromatic N) is 2. The largest absolute Gasteiger partial charge is 0.335 e. The molecule has 0 aromatic heterocycles. The van der Waals surface area contributed by atoms with Gasteiger partial charge in [0.1, 0.15) is 0 Å². The van der Waals surface area contributed by atoms with Gasteiger partial charge in [-0.2, -0.15) is 0 Å². The molecule has 23 heavy (non-hydrogen) atoms. The van der Waals surface area contributed by atoms with Gasteiger partial charge in [-0.1, -0.05) is 29.3 Å². The van der Waals surface area contributed by atoms with Gasteiger partial charge in [-0.3, -0.25) is 14.4 Å². The first-order chi connectivity index (χ1) is 10.9. The van der Waals surface area contributed by atoms with Gasteiger partial charge in [0.25, 0.3) is 0 Å². The molecule has 3 amide bonds. The highest BCUT2D eigenvalue weighted by Crippen LogP contribution is 2.29. The third-order valence-corrected chi connectivity index (χ3v) is 4.16. The first-order valence-electron chi connectivity index (χ1n) is 7.14. The van der Waals surface area contributed by atoms with Crippen LogP contribution in [0.25, 0.3) is 0 Å². The van der Waals surface area contributed by atoms with Crippen molar-refractivity contribution in [2.75, 3.05) is 32.0 Å². The number of likely N-dealkylation sites (N-methyl/N-ethyl adjacent to an activating group) is 1. The summed E-state index contributed by atoms with van der Waals surface area (Å²) >= 11 is 12.0. The molecule has 1 fully saturated rings. The molecule has 6 nitrogen and oxygen atoms in total. The van der Waals surface area contributed by atoms with Gasteiger partial charge >= 0.3 is 0 Å². The second-order valence-corrected chi connectivity index (χ2v) is 6.13. The van der Waals surface area contributed by atoms with E-state index in [1.54, 1.807) is 18.2 Å². The van der Waals surface area contributed by atoms with Crippen LogP contribution in [0.4, 0.5) is 5.69 Å². The molecule has 1 saturated heterocycles. The summed E-state index contributed by atoms with van der Waals surface area (Å²) in [4.78, 5) is 38.4. The molecule has 0 aliphatic carbocycles. The lowest BCUT2D eigenvalue weighted by molar-refractivity contribution is -0.138. The minimum Gasteiger partial charge on any atom is -0.335 e. The van der Waals surface area contributed by atoms with Crippen molar-refractivity contribution in [2.24, 2.45) is 0 Å². The Balaban J connectivity index is 1.89. The lowest BCUT2D eigenvalue weighted by atomic mass is 10.3. The minimum atomic E-state index is -0.413. The predicted octanol–water partition coefficient (Wildman–Crippen LogP) is 2.01. The van der Waals surface area contributed by atoms with Crippen LogP contribution in [0.1, 0.15) is 12.8 Å². The molecule has 0 bridgehead atoms. The number of para-hydroxylation sites is 1. The first kappa shape index (κ1) is 17.6. The van der Waals surface area contributed by atoms with E-state index in [1.807, 2.05) is 0 Å². The molecule has 1 N–H and O–H groups in total. The molecule has 1 aliphatic rings. The molecule has 0 saturated carbocycles. The second-order valence-electron chi connectivity index (χ2n) is 5.31. The number of rotatable bonds is 5. The highest BCUT2D eigenvalue weighted by Gasteiger charge is 2.24. The van der Waals surface area contributed by atoms with E-state index in [0.717, 1.165) is 6.42 Å². The van der Waals surface area contributed by atoms with Gasteiger partial charge in [-0.15, -0.1) is 0 Å². The quantitative estimate of drug-likeness (QED) is 0.876. The molecule has 1 aliphatic heterocycles. The van der Waals surface area contributed by atoms with Crippen LogP contribution in [0.3, 0.4) is 0 Å². The zero-order chi connectivity index (χ0) is 17.0. The molecule has 8 heteroatoms. The van der Waals surface area contributed by atoms with E-state index >= 15 is 0 Å². The van der Waals surface area contributed by atoms with E-state index < -0.39 is 5.91 Å². The zero-order valence-corrected chi connectivity index (χ0v) is 14.2. The number of carbonyl (C=O) groups excluding carboxylic acids is 3. The van der Waals surface area contributed by atoms with Crippen molar-refractivity contribution < 1.29 is 14.4 Å². The maximum Gasteiger partial charge on any atom is 0.244 e. The van der Waals surface area contributed by atoms with Crippen molar-refractivity contribution in [1.82, 2.24) is 9.80 Å². The maximum absolute atomic E-state index is 12.1. The van der Waals surface area contributed by atoms with Gasteiger partial charge < -0.3 is 15.1 Å². The van der Waals surface area contributed by atoms with E-state index in [2.05, 4.69) is 5.32 Å². The summed E-state index contributed by atoms with van der Waals surface area (Å²) in [5.74, 6) is -0.733. The Morgan fingerprint density at radius 2 is 1.96 bits per heavy atom. The molecule has 1 heterocycles. The zero-order valence-electron chi connectivity index (χ0n) is 12.6. The molecule has 1 aromatic carbocycles. The number of likely N-dealkylation sites (tertiary alicyclic amines) is 1. The third-order valence-electron chi connectivity index (χ3n) is 3.53. The van der Waals surface area contributed by atoms with Gasteiger partial charge in [0.05, 0.1) is 28.8 Å². The smallest absolute Gasteiger partial charge is 0.244 e.